The van der Waals surface area contributed by atoms with E-state index in [1.807, 2.05) is 20.8 Å². The van der Waals surface area contributed by atoms with Gasteiger partial charge in [0.25, 0.3) is 11.8 Å². The molecule has 3 heterocycles. The second-order valence-electron chi connectivity index (χ2n) is 9.44. The van der Waals surface area contributed by atoms with E-state index in [2.05, 4.69) is 41.1 Å². The van der Waals surface area contributed by atoms with Gasteiger partial charge >= 0.3 is 6.36 Å². The SMILES string of the molecule is CCc1nc([C@H](C)NC(=O)c2cc(Br)cc(OC(F)(F)F)c2)n(-c2ccc(C(=O)N3C[C@@H](C)O[C@@H](C)C3)cn2)n1. The molecule has 0 radical (unpaired) electrons. The van der Waals surface area contributed by atoms with Gasteiger partial charge in [0.15, 0.2) is 17.5 Å². The number of nitrogens with zero attached hydrogens (tertiary/aromatic N) is 5. The fourth-order valence-corrected chi connectivity index (χ4v) is 4.83. The summed E-state index contributed by atoms with van der Waals surface area (Å²) in [5.41, 5.74) is 0.366. The minimum Gasteiger partial charge on any atom is -0.406 e. The minimum atomic E-state index is -4.90. The Morgan fingerprint density at radius 2 is 1.88 bits per heavy atom. The molecule has 40 heavy (non-hydrogen) atoms. The summed E-state index contributed by atoms with van der Waals surface area (Å²) < 4.78 is 49.4. The lowest BCUT2D eigenvalue weighted by Crippen LogP contribution is -2.48. The van der Waals surface area contributed by atoms with Crippen LogP contribution in [0.5, 0.6) is 5.75 Å². The molecule has 0 aliphatic carbocycles. The number of carbonyl (C=O) groups excluding carboxylic acids is 2. The first-order chi connectivity index (χ1) is 18.8. The Hall–Kier alpha value is -3.52. The number of hydrogen-bond donors (Lipinski definition) is 1. The van der Waals surface area contributed by atoms with Crippen molar-refractivity contribution in [1.29, 1.82) is 0 Å². The number of aryl methyl sites for hydroxylation is 1. The number of aromatic nitrogens is 4. The monoisotopic (exact) mass is 624 g/mol. The molecule has 1 aromatic carbocycles. The number of benzene rings is 1. The lowest BCUT2D eigenvalue weighted by Gasteiger charge is -2.35. The van der Waals surface area contributed by atoms with Crippen molar-refractivity contribution < 1.29 is 32.2 Å². The van der Waals surface area contributed by atoms with Crippen LogP contribution in [0.15, 0.2) is 41.0 Å². The third kappa shape index (κ3) is 7.16. The van der Waals surface area contributed by atoms with Crippen LogP contribution in [0, 0.1) is 0 Å². The van der Waals surface area contributed by atoms with Gasteiger partial charge in [0.2, 0.25) is 0 Å². The highest BCUT2D eigenvalue weighted by Gasteiger charge is 2.32. The molecule has 1 fully saturated rings. The van der Waals surface area contributed by atoms with E-state index in [0.29, 0.717) is 42.5 Å². The molecule has 1 aliphatic heterocycles. The molecule has 14 heteroatoms. The van der Waals surface area contributed by atoms with Gasteiger partial charge in [0.1, 0.15) is 5.75 Å². The smallest absolute Gasteiger partial charge is 0.406 e. The zero-order chi connectivity index (χ0) is 29.2. The number of pyridine rings is 1. The zero-order valence-electron chi connectivity index (χ0n) is 22.2. The number of halogens is 4. The predicted molar refractivity (Wildman–Crippen MR) is 141 cm³/mol. The van der Waals surface area contributed by atoms with Crippen LogP contribution in [0.2, 0.25) is 0 Å². The first-order valence-electron chi connectivity index (χ1n) is 12.6. The average Bonchev–Trinajstić information content (AvgIpc) is 3.31. The van der Waals surface area contributed by atoms with E-state index in [-0.39, 0.29) is 28.2 Å². The summed E-state index contributed by atoms with van der Waals surface area (Å²) in [5, 5.41) is 7.22. The van der Waals surface area contributed by atoms with Gasteiger partial charge in [-0.05, 0) is 51.1 Å². The van der Waals surface area contributed by atoms with Gasteiger partial charge in [-0.1, -0.05) is 22.9 Å². The number of morpholine rings is 1. The number of amides is 2. The molecule has 0 spiro atoms. The number of ether oxygens (including phenoxy) is 2. The van der Waals surface area contributed by atoms with Gasteiger partial charge in [0, 0.05) is 35.7 Å². The van der Waals surface area contributed by atoms with E-state index >= 15 is 0 Å². The van der Waals surface area contributed by atoms with Crippen molar-refractivity contribution in [2.45, 2.75) is 58.7 Å². The van der Waals surface area contributed by atoms with E-state index in [0.717, 1.165) is 12.1 Å². The van der Waals surface area contributed by atoms with Gasteiger partial charge < -0.3 is 19.7 Å². The van der Waals surface area contributed by atoms with Crippen molar-refractivity contribution in [3.63, 3.8) is 0 Å². The normalized spacial score (nSPS) is 18.4. The highest BCUT2D eigenvalue weighted by atomic mass is 79.9. The molecule has 0 bridgehead atoms. The first kappa shape index (κ1) is 29.5. The third-order valence-corrected chi connectivity index (χ3v) is 6.47. The van der Waals surface area contributed by atoms with Crippen LogP contribution in [0.25, 0.3) is 5.82 Å². The van der Waals surface area contributed by atoms with E-state index in [4.69, 9.17) is 4.74 Å². The number of nitrogens with one attached hydrogen (secondary N) is 1. The Morgan fingerprint density at radius 1 is 1.18 bits per heavy atom. The fourth-order valence-electron chi connectivity index (χ4n) is 4.36. The standard InChI is InChI=1S/C26H28BrF3N6O4/c1-5-21-33-23(16(4)32-24(37)18-8-19(27)10-20(9-18)40-26(28,29)30)36(34-21)22-7-6-17(11-31-22)25(38)35-12-14(2)39-15(3)13-35/h6-11,14-16H,5,12-13H2,1-4H3,(H,32,37)/t14-,15+,16-/m0/s1. The molecule has 1 N–H and O–H groups in total. The molecule has 0 unspecified atom stereocenters. The molecular formula is C26H28BrF3N6O4. The lowest BCUT2D eigenvalue weighted by molar-refractivity contribution is -0.274. The van der Waals surface area contributed by atoms with Gasteiger partial charge in [0.05, 0.1) is 23.8 Å². The van der Waals surface area contributed by atoms with Crippen LogP contribution in [0.1, 0.15) is 66.1 Å². The maximum Gasteiger partial charge on any atom is 0.573 e. The first-order valence-corrected chi connectivity index (χ1v) is 13.4. The summed E-state index contributed by atoms with van der Waals surface area (Å²) in [7, 11) is 0. The fraction of sp³-hybridized carbons (Fsp3) is 0.423. The second-order valence-corrected chi connectivity index (χ2v) is 10.4. The van der Waals surface area contributed by atoms with Crippen molar-refractivity contribution >= 4 is 27.7 Å². The van der Waals surface area contributed by atoms with Crippen molar-refractivity contribution in [3.05, 3.63) is 63.8 Å². The summed E-state index contributed by atoms with van der Waals surface area (Å²) in [6.07, 6.45) is -3.06. The van der Waals surface area contributed by atoms with Crippen LogP contribution in [-0.4, -0.2) is 68.1 Å². The van der Waals surface area contributed by atoms with E-state index in [9.17, 15) is 22.8 Å². The van der Waals surface area contributed by atoms with Crippen LogP contribution >= 0.6 is 15.9 Å². The Morgan fingerprint density at radius 3 is 2.48 bits per heavy atom. The van der Waals surface area contributed by atoms with Crippen molar-refractivity contribution in [2.24, 2.45) is 0 Å². The summed E-state index contributed by atoms with van der Waals surface area (Å²) in [6.45, 7) is 8.34. The molecule has 10 nitrogen and oxygen atoms in total. The maximum absolute atomic E-state index is 13.0. The molecule has 3 atom stereocenters. The van der Waals surface area contributed by atoms with Crippen molar-refractivity contribution in [1.82, 2.24) is 30.0 Å². The zero-order valence-corrected chi connectivity index (χ0v) is 23.8. The van der Waals surface area contributed by atoms with Crippen LogP contribution in [0.4, 0.5) is 13.2 Å². The molecule has 1 aliphatic rings. The minimum absolute atomic E-state index is 0.0463. The van der Waals surface area contributed by atoms with Crippen LogP contribution < -0.4 is 10.1 Å². The maximum atomic E-state index is 13.0. The molecule has 4 rings (SSSR count). The molecule has 1 saturated heterocycles. The Labute approximate surface area is 237 Å². The summed E-state index contributed by atoms with van der Waals surface area (Å²) in [5.74, 6) is -0.0937. The van der Waals surface area contributed by atoms with Crippen molar-refractivity contribution in [2.75, 3.05) is 13.1 Å². The number of carbonyl (C=O) groups is 2. The third-order valence-electron chi connectivity index (χ3n) is 6.01. The Kier molecular flexibility index (Phi) is 8.78. The number of alkyl halides is 3. The largest absolute Gasteiger partial charge is 0.573 e. The molecule has 0 saturated carbocycles. The van der Waals surface area contributed by atoms with E-state index in [1.165, 1.54) is 16.9 Å². The summed E-state index contributed by atoms with van der Waals surface area (Å²) >= 11 is 3.11. The molecule has 2 amide bonds. The average molecular weight is 625 g/mol. The molecule has 3 aromatic rings. The van der Waals surface area contributed by atoms with Gasteiger partial charge in [-0.15, -0.1) is 18.3 Å². The van der Waals surface area contributed by atoms with Crippen LogP contribution in [0.3, 0.4) is 0 Å². The quantitative estimate of drug-likeness (QED) is 0.408. The Balaban J connectivity index is 1.54. The number of rotatable bonds is 7. The lowest BCUT2D eigenvalue weighted by atomic mass is 10.2. The molecule has 214 valence electrons. The topological polar surface area (TPSA) is 111 Å². The molecule has 2 aromatic heterocycles. The van der Waals surface area contributed by atoms with E-state index in [1.54, 1.807) is 24.0 Å². The Bertz CT molecular complexity index is 1370. The molecular weight excluding hydrogens is 597 g/mol. The van der Waals surface area contributed by atoms with Gasteiger partial charge in [-0.25, -0.2) is 9.97 Å². The highest BCUT2D eigenvalue weighted by Crippen LogP contribution is 2.28. The van der Waals surface area contributed by atoms with Gasteiger partial charge in [-0.2, -0.15) is 4.68 Å². The van der Waals surface area contributed by atoms with Gasteiger partial charge in [-0.3, -0.25) is 9.59 Å². The number of hydrogen-bond acceptors (Lipinski definition) is 7. The predicted octanol–water partition coefficient (Wildman–Crippen LogP) is 4.63. The van der Waals surface area contributed by atoms with E-state index < -0.39 is 24.1 Å². The summed E-state index contributed by atoms with van der Waals surface area (Å²) in [4.78, 5) is 36.6. The second kappa shape index (κ2) is 11.9. The highest BCUT2D eigenvalue weighted by molar-refractivity contribution is 9.10. The summed E-state index contributed by atoms with van der Waals surface area (Å²) in [6, 6.07) is 6.07. The van der Waals surface area contributed by atoms with Crippen LogP contribution in [-0.2, 0) is 11.2 Å². The van der Waals surface area contributed by atoms with Crippen molar-refractivity contribution in [3.8, 4) is 11.6 Å².